The Kier molecular flexibility index (Phi) is 5.15. The average Bonchev–Trinajstić information content (AvgIpc) is 3.36. The smallest absolute Gasteiger partial charge is 0.276 e. The van der Waals surface area contributed by atoms with Gasteiger partial charge in [-0.25, -0.2) is 13.5 Å². The third-order valence-electron chi connectivity index (χ3n) is 5.42. The normalized spacial score (nSPS) is 21.0. The minimum absolute atomic E-state index is 0.0428. The van der Waals surface area contributed by atoms with Gasteiger partial charge in [-0.2, -0.15) is 0 Å². The van der Waals surface area contributed by atoms with E-state index in [4.69, 9.17) is 0 Å². The minimum atomic E-state index is -0.517. The lowest BCUT2D eigenvalue weighted by Crippen LogP contribution is -2.36. The predicted molar refractivity (Wildman–Crippen MR) is 95.1 cm³/mol. The molecule has 6 nitrogen and oxygen atoms in total. The molecule has 0 radical (unpaired) electrons. The van der Waals surface area contributed by atoms with E-state index in [2.05, 4.69) is 10.3 Å². The maximum atomic E-state index is 13.9. The zero-order chi connectivity index (χ0) is 18.8. The molecule has 2 fully saturated rings. The van der Waals surface area contributed by atoms with E-state index >= 15 is 0 Å². The number of hydrogen-bond acceptors (Lipinski definition) is 4. The van der Waals surface area contributed by atoms with Crippen LogP contribution >= 0.6 is 0 Å². The second-order valence-corrected chi connectivity index (χ2v) is 7.31. The summed E-state index contributed by atoms with van der Waals surface area (Å²) in [4.78, 5) is 16.3. The first kappa shape index (κ1) is 18.0. The molecule has 2 saturated heterocycles. The standard InChI is InChI=1S/C19H23F2N5O/c20-16-6-3-7-17(21)15(16)12-24-8-4-5-14(11-24)26-13-18(22-23-26)19(27)25-9-1-2-10-25/h3,6-7,13-14H,1-2,4-5,8-12H2/t14-/m1/s1. The summed E-state index contributed by atoms with van der Waals surface area (Å²) in [5.41, 5.74) is 0.468. The molecule has 4 rings (SSSR count). The number of hydrogen-bond donors (Lipinski definition) is 0. The Morgan fingerprint density at radius 3 is 2.59 bits per heavy atom. The van der Waals surface area contributed by atoms with Crippen LogP contribution in [0.2, 0.25) is 0 Å². The number of benzene rings is 1. The lowest BCUT2D eigenvalue weighted by atomic mass is 10.0. The van der Waals surface area contributed by atoms with Crippen molar-refractivity contribution in [3.63, 3.8) is 0 Å². The molecule has 8 heteroatoms. The van der Waals surface area contributed by atoms with Gasteiger partial charge in [0.25, 0.3) is 5.91 Å². The number of amides is 1. The van der Waals surface area contributed by atoms with E-state index < -0.39 is 11.6 Å². The maximum Gasteiger partial charge on any atom is 0.276 e. The van der Waals surface area contributed by atoms with Crippen molar-refractivity contribution in [3.8, 4) is 0 Å². The highest BCUT2D eigenvalue weighted by atomic mass is 19.1. The molecule has 1 aromatic heterocycles. The summed E-state index contributed by atoms with van der Waals surface area (Å²) in [6, 6.07) is 3.99. The molecule has 2 aliphatic heterocycles. The Bertz CT molecular complexity index is 798. The molecule has 2 aromatic rings. The quantitative estimate of drug-likeness (QED) is 0.824. The van der Waals surface area contributed by atoms with Crippen molar-refractivity contribution < 1.29 is 13.6 Å². The number of halogens is 2. The number of likely N-dealkylation sites (tertiary alicyclic amines) is 2. The van der Waals surface area contributed by atoms with Crippen molar-refractivity contribution in [1.82, 2.24) is 24.8 Å². The van der Waals surface area contributed by atoms with E-state index in [9.17, 15) is 13.6 Å². The van der Waals surface area contributed by atoms with Crippen molar-refractivity contribution in [2.45, 2.75) is 38.3 Å². The van der Waals surface area contributed by atoms with E-state index in [1.165, 1.54) is 18.2 Å². The van der Waals surface area contributed by atoms with Crippen LogP contribution in [0.25, 0.3) is 0 Å². The first-order valence-electron chi connectivity index (χ1n) is 9.48. The fourth-order valence-electron chi connectivity index (χ4n) is 3.93. The second kappa shape index (κ2) is 7.72. The number of rotatable bonds is 4. The third kappa shape index (κ3) is 3.85. The lowest BCUT2D eigenvalue weighted by molar-refractivity contribution is 0.0787. The molecule has 0 bridgehead atoms. The molecule has 1 amide bonds. The monoisotopic (exact) mass is 375 g/mol. The zero-order valence-corrected chi connectivity index (χ0v) is 15.2. The fraction of sp³-hybridized carbons (Fsp3) is 0.526. The van der Waals surface area contributed by atoms with Crippen molar-refractivity contribution in [2.75, 3.05) is 26.2 Å². The largest absolute Gasteiger partial charge is 0.337 e. The summed E-state index contributed by atoms with van der Waals surface area (Å²) in [6.07, 6.45) is 5.57. The van der Waals surface area contributed by atoms with Gasteiger partial charge in [-0.3, -0.25) is 9.69 Å². The number of aromatic nitrogens is 3. The first-order chi connectivity index (χ1) is 13.1. The molecule has 2 aliphatic rings. The van der Waals surface area contributed by atoms with Crippen LogP contribution in [0, 0.1) is 11.6 Å². The second-order valence-electron chi connectivity index (χ2n) is 7.31. The molecule has 3 heterocycles. The van der Waals surface area contributed by atoms with E-state index in [-0.39, 0.29) is 24.1 Å². The van der Waals surface area contributed by atoms with Crippen LogP contribution in [0.1, 0.15) is 47.8 Å². The van der Waals surface area contributed by atoms with Gasteiger partial charge in [0.1, 0.15) is 11.6 Å². The zero-order valence-electron chi connectivity index (χ0n) is 15.2. The number of carbonyl (C=O) groups excluding carboxylic acids is 1. The number of nitrogens with zero attached hydrogens (tertiary/aromatic N) is 5. The van der Waals surface area contributed by atoms with Crippen LogP contribution in [-0.2, 0) is 6.54 Å². The third-order valence-corrected chi connectivity index (χ3v) is 5.42. The molecular formula is C19H23F2N5O. The average molecular weight is 375 g/mol. The number of carbonyl (C=O) groups is 1. The van der Waals surface area contributed by atoms with Crippen molar-refractivity contribution in [2.24, 2.45) is 0 Å². The summed E-state index contributed by atoms with van der Waals surface area (Å²) in [5, 5.41) is 8.21. The van der Waals surface area contributed by atoms with Gasteiger partial charge < -0.3 is 4.90 Å². The summed E-state index contributed by atoms with van der Waals surface area (Å²) in [7, 11) is 0. The van der Waals surface area contributed by atoms with Crippen molar-refractivity contribution in [1.29, 1.82) is 0 Å². The topological polar surface area (TPSA) is 54.3 Å². The predicted octanol–water partition coefficient (Wildman–Crippen LogP) is 2.63. The molecule has 0 aliphatic carbocycles. The summed E-state index contributed by atoms with van der Waals surface area (Å²) in [5.74, 6) is -1.10. The van der Waals surface area contributed by atoms with Crippen LogP contribution in [0.3, 0.4) is 0 Å². The van der Waals surface area contributed by atoms with Gasteiger partial charge in [-0.15, -0.1) is 5.10 Å². The molecule has 1 atom stereocenters. The van der Waals surface area contributed by atoms with Crippen LogP contribution in [0.4, 0.5) is 8.78 Å². The van der Waals surface area contributed by atoms with Crippen LogP contribution < -0.4 is 0 Å². The highest BCUT2D eigenvalue weighted by Crippen LogP contribution is 2.24. The van der Waals surface area contributed by atoms with E-state index in [1.807, 2.05) is 9.80 Å². The fourth-order valence-corrected chi connectivity index (χ4v) is 3.93. The lowest BCUT2D eigenvalue weighted by Gasteiger charge is -2.32. The van der Waals surface area contributed by atoms with E-state index in [1.54, 1.807) is 10.9 Å². The van der Waals surface area contributed by atoms with Gasteiger partial charge in [0.15, 0.2) is 5.69 Å². The molecule has 144 valence electrons. The van der Waals surface area contributed by atoms with Gasteiger partial charge in [0, 0.05) is 31.7 Å². The van der Waals surface area contributed by atoms with Gasteiger partial charge in [0.05, 0.1) is 12.2 Å². The maximum absolute atomic E-state index is 13.9. The van der Waals surface area contributed by atoms with Crippen LogP contribution in [-0.4, -0.2) is 56.9 Å². The van der Waals surface area contributed by atoms with E-state index in [0.29, 0.717) is 12.2 Å². The molecule has 0 saturated carbocycles. The first-order valence-corrected chi connectivity index (χ1v) is 9.48. The highest BCUT2D eigenvalue weighted by molar-refractivity contribution is 5.92. The van der Waals surface area contributed by atoms with E-state index in [0.717, 1.165) is 45.3 Å². The Balaban J connectivity index is 1.43. The molecule has 0 N–H and O–H groups in total. The summed E-state index contributed by atoms with van der Waals surface area (Å²) < 4.78 is 29.6. The molecule has 0 spiro atoms. The Morgan fingerprint density at radius 1 is 1.11 bits per heavy atom. The Labute approximate surface area is 156 Å². The highest BCUT2D eigenvalue weighted by Gasteiger charge is 2.26. The Morgan fingerprint density at radius 2 is 1.85 bits per heavy atom. The van der Waals surface area contributed by atoms with Gasteiger partial charge in [-0.05, 0) is 44.4 Å². The molecule has 0 unspecified atom stereocenters. The van der Waals surface area contributed by atoms with Crippen LogP contribution in [0.5, 0.6) is 0 Å². The van der Waals surface area contributed by atoms with Crippen molar-refractivity contribution in [3.05, 3.63) is 47.3 Å². The molecule has 27 heavy (non-hydrogen) atoms. The summed E-state index contributed by atoms with van der Waals surface area (Å²) >= 11 is 0. The summed E-state index contributed by atoms with van der Waals surface area (Å²) in [6.45, 7) is 3.17. The molecular weight excluding hydrogens is 352 g/mol. The molecule has 1 aromatic carbocycles. The van der Waals surface area contributed by atoms with Gasteiger partial charge in [0.2, 0.25) is 0 Å². The minimum Gasteiger partial charge on any atom is -0.337 e. The Hall–Kier alpha value is -2.35. The van der Waals surface area contributed by atoms with Gasteiger partial charge >= 0.3 is 0 Å². The van der Waals surface area contributed by atoms with Crippen LogP contribution in [0.15, 0.2) is 24.4 Å². The number of piperidine rings is 1. The van der Waals surface area contributed by atoms with Gasteiger partial charge in [-0.1, -0.05) is 11.3 Å². The SMILES string of the molecule is O=C(c1cn([C@@H]2CCCN(Cc3c(F)cccc3F)C2)nn1)N1CCCC1. The van der Waals surface area contributed by atoms with Crippen molar-refractivity contribution >= 4 is 5.91 Å².